The van der Waals surface area contributed by atoms with Crippen LogP contribution in [0.2, 0.25) is 0 Å². The number of benzene rings is 1. The second kappa shape index (κ2) is 5.87. The van der Waals surface area contributed by atoms with E-state index in [1.807, 2.05) is 18.2 Å². The first-order valence-corrected chi connectivity index (χ1v) is 8.45. The summed E-state index contributed by atoms with van der Waals surface area (Å²) in [4.78, 5) is 2.48. The maximum atomic E-state index is 12.3. The molecule has 112 valence electrons. The molecule has 1 aliphatic rings. The minimum Gasteiger partial charge on any atom is -0.299 e. The van der Waals surface area contributed by atoms with E-state index in [-0.39, 0.29) is 4.90 Å². The van der Waals surface area contributed by atoms with E-state index >= 15 is 0 Å². The number of hydrogen-bond acceptors (Lipinski definition) is 4. The fraction of sp³-hybridized carbons (Fsp3) is 0.357. The van der Waals surface area contributed by atoms with E-state index in [9.17, 15) is 8.42 Å². The summed E-state index contributed by atoms with van der Waals surface area (Å²) in [5.41, 5.74) is 1.62. The fourth-order valence-electron chi connectivity index (χ4n) is 2.53. The Morgan fingerprint density at radius 2 is 2.00 bits per heavy atom. The molecule has 0 saturated carbocycles. The Hall–Kier alpha value is -1.86. The predicted molar refractivity (Wildman–Crippen MR) is 80.3 cm³/mol. The Labute approximate surface area is 124 Å². The first kappa shape index (κ1) is 14.1. The molecule has 0 atom stereocenters. The van der Waals surface area contributed by atoms with Crippen LogP contribution in [0.5, 0.6) is 0 Å². The number of likely N-dealkylation sites (tertiary alicyclic amines) is 1. The monoisotopic (exact) mass is 306 g/mol. The molecule has 1 saturated heterocycles. The van der Waals surface area contributed by atoms with Gasteiger partial charge in [0, 0.05) is 12.7 Å². The van der Waals surface area contributed by atoms with Crippen molar-refractivity contribution in [2.75, 3.05) is 17.8 Å². The molecule has 0 aliphatic carbocycles. The van der Waals surface area contributed by atoms with Crippen LogP contribution >= 0.6 is 0 Å². The van der Waals surface area contributed by atoms with Crippen LogP contribution in [-0.2, 0) is 16.6 Å². The van der Waals surface area contributed by atoms with Crippen LogP contribution in [0.3, 0.4) is 0 Å². The average Bonchev–Trinajstić information content (AvgIpc) is 3.13. The number of aromatic amines is 1. The summed E-state index contributed by atoms with van der Waals surface area (Å²) in [6.07, 6.45) is 5.09. The lowest BCUT2D eigenvalue weighted by atomic mass is 10.2. The maximum absolute atomic E-state index is 12.3. The van der Waals surface area contributed by atoms with Gasteiger partial charge in [0.1, 0.15) is 4.90 Å². The van der Waals surface area contributed by atoms with E-state index in [1.54, 1.807) is 6.07 Å². The molecule has 0 spiro atoms. The molecule has 2 N–H and O–H groups in total. The van der Waals surface area contributed by atoms with Crippen molar-refractivity contribution in [3.8, 4) is 0 Å². The van der Waals surface area contributed by atoms with Crippen molar-refractivity contribution in [3.63, 3.8) is 0 Å². The zero-order chi connectivity index (χ0) is 14.7. The third-order valence-electron chi connectivity index (χ3n) is 3.64. The minimum atomic E-state index is -3.59. The molecule has 7 heteroatoms. The van der Waals surface area contributed by atoms with Crippen molar-refractivity contribution >= 4 is 15.7 Å². The molecule has 0 radical (unpaired) electrons. The zero-order valence-electron chi connectivity index (χ0n) is 11.6. The number of sulfonamides is 1. The van der Waals surface area contributed by atoms with Crippen LogP contribution in [0.1, 0.15) is 18.4 Å². The molecule has 2 aromatic rings. The van der Waals surface area contributed by atoms with E-state index in [2.05, 4.69) is 19.8 Å². The second-order valence-corrected chi connectivity index (χ2v) is 6.86. The topological polar surface area (TPSA) is 78.1 Å². The van der Waals surface area contributed by atoms with Gasteiger partial charge in [-0.15, -0.1) is 0 Å². The van der Waals surface area contributed by atoms with Crippen molar-refractivity contribution in [2.24, 2.45) is 0 Å². The Morgan fingerprint density at radius 1 is 1.24 bits per heavy atom. The summed E-state index contributed by atoms with van der Waals surface area (Å²) in [5, 5.41) is 6.20. The number of para-hydroxylation sites is 1. The van der Waals surface area contributed by atoms with Gasteiger partial charge in [0.05, 0.1) is 11.9 Å². The van der Waals surface area contributed by atoms with Crippen LogP contribution in [0.25, 0.3) is 0 Å². The Morgan fingerprint density at radius 3 is 2.71 bits per heavy atom. The number of nitrogens with zero attached hydrogens (tertiary/aromatic N) is 2. The minimum absolute atomic E-state index is 0.137. The lowest BCUT2D eigenvalue weighted by Crippen LogP contribution is -2.20. The van der Waals surface area contributed by atoms with Gasteiger partial charge >= 0.3 is 0 Å². The predicted octanol–water partition coefficient (Wildman–Crippen LogP) is 1.81. The highest BCUT2D eigenvalue weighted by molar-refractivity contribution is 7.92. The van der Waals surface area contributed by atoms with Gasteiger partial charge in [-0.05, 0) is 37.6 Å². The van der Waals surface area contributed by atoms with E-state index in [0.717, 1.165) is 25.2 Å². The van der Waals surface area contributed by atoms with Gasteiger partial charge in [-0.1, -0.05) is 18.2 Å². The molecule has 21 heavy (non-hydrogen) atoms. The highest BCUT2D eigenvalue weighted by Gasteiger charge is 2.18. The smallest absolute Gasteiger partial charge is 0.265 e. The van der Waals surface area contributed by atoms with E-state index < -0.39 is 10.0 Å². The van der Waals surface area contributed by atoms with E-state index in [0.29, 0.717) is 5.69 Å². The normalized spacial score (nSPS) is 16.2. The third-order valence-corrected chi connectivity index (χ3v) is 4.97. The van der Waals surface area contributed by atoms with Gasteiger partial charge in [-0.2, -0.15) is 5.10 Å². The summed E-state index contributed by atoms with van der Waals surface area (Å²) < 4.78 is 27.2. The number of rotatable bonds is 5. The highest BCUT2D eigenvalue weighted by Crippen LogP contribution is 2.22. The van der Waals surface area contributed by atoms with Crippen LogP contribution in [0.15, 0.2) is 41.6 Å². The summed E-state index contributed by atoms with van der Waals surface area (Å²) >= 11 is 0. The van der Waals surface area contributed by atoms with E-state index in [1.165, 1.54) is 25.2 Å². The molecular weight excluding hydrogens is 288 g/mol. The number of hydrogen-bond donors (Lipinski definition) is 2. The Balaban J connectivity index is 1.82. The van der Waals surface area contributed by atoms with Crippen LogP contribution < -0.4 is 4.72 Å². The summed E-state index contributed by atoms with van der Waals surface area (Å²) in [6.45, 7) is 2.91. The molecular formula is C14H18N4O2S. The molecule has 0 bridgehead atoms. The molecule has 2 heterocycles. The molecule has 1 aliphatic heterocycles. The molecule has 3 rings (SSSR count). The van der Waals surface area contributed by atoms with Crippen LogP contribution in [-0.4, -0.2) is 36.6 Å². The largest absolute Gasteiger partial charge is 0.299 e. The fourth-order valence-corrected chi connectivity index (χ4v) is 3.53. The first-order chi connectivity index (χ1) is 10.1. The summed E-state index contributed by atoms with van der Waals surface area (Å²) in [7, 11) is -3.59. The molecule has 1 aromatic carbocycles. The van der Waals surface area contributed by atoms with E-state index in [4.69, 9.17) is 0 Å². The van der Waals surface area contributed by atoms with Gasteiger partial charge in [-0.3, -0.25) is 14.7 Å². The average molecular weight is 306 g/mol. The lowest BCUT2D eigenvalue weighted by Gasteiger charge is -2.18. The number of H-pyrrole nitrogens is 1. The number of aromatic nitrogens is 2. The highest BCUT2D eigenvalue weighted by atomic mass is 32.2. The van der Waals surface area contributed by atoms with Crippen molar-refractivity contribution in [1.82, 2.24) is 15.1 Å². The quantitative estimate of drug-likeness (QED) is 0.883. The van der Waals surface area contributed by atoms with Gasteiger partial charge < -0.3 is 0 Å². The Kier molecular flexibility index (Phi) is 3.94. The van der Waals surface area contributed by atoms with Gasteiger partial charge in [0.2, 0.25) is 0 Å². The number of anilines is 1. The third kappa shape index (κ3) is 3.25. The second-order valence-electron chi connectivity index (χ2n) is 5.18. The summed E-state index contributed by atoms with van der Waals surface area (Å²) in [5.74, 6) is 0. The lowest BCUT2D eigenvalue weighted by molar-refractivity contribution is 0.332. The first-order valence-electron chi connectivity index (χ1n) is 6.97. The SMILES string of the molecule is O=S(=O)(Nc1ccccc1CN1CCCC1)c1cn[nH]c1. The summed E-state index contributed by atoms with van der Waals surface area (Å²) in [6, 6.07) is 7.52. The standard InChI is InChI=1S/C14H18N4O2S/c19-21(20,13-9-15-16-10-13)17-14-6-2-1-5-12(14)11-18-7-3-4-8-18/h1-2,5-6,9-10,17H,3-4,7-8,11H2,(H,15,16). The van der Waals surface area contributed by atoms with Crippen molar-refractivity contribution in [3.05, 3.63) is 42.2 Å². The zero-order valence-corrected chi connectivity index (χ0v) is 12.4. The molecule has 6 nitrogen and oxygen atoms in total. The van der Waals surface area contributed by atoms with Crippen molar-refractivity contribution in [2.45, 2.75) is 24.3 Å². The van der Waals surface area contributed by atoms with Crippen LogP contribution in [0.4, 0.5) is 5.69 Å². The van der Waals surface area contributed by atoms with Crippen LogP contribution in [0, 0.1) is 0 Å². The molecule has 1 aromatic heterocycles. The van der Waals surface area contributed by atoms with Gasteiger partial charge in [-0.25, -0.2) is 8.42 Å². The maximum Gasteiger partial charge on any atom is 0.265 e. The van der Waals surface area contributed by atoms with Gasteiger partial charge in [0.25, 0.3) is 10.0 Å². The number of nitrogens with one attached hydrogen (secondary N) is 2. The molecule has 0 unspecified atom stereocenters. The van der Waals surface area contributed by atoms with Crippen molar-refractivity contribution < 1.29 is 8.42 Å². The van der Waals surface area contributed by atoms with Gasteiger partial charge in [0.15, 0.2) is 0 Å². The van der Waals surface area contributed by atoms with Crippen molar-refractivity contribution in [1.29, 1.82) is 0 Å². The molecule has 0 amide bonds. The Bertz CT molecular complexity index is 692. The molecule has 1 fully saturated rings.